The van der Waals surface area contributed by atoms with Gasteiger partial charge in [0.05, 0.1) is 10.2 Å². The molecule has 1 aliphatic carbocycles. The Balaban J connectivity index is 1.60. The summed E-state index contributed by atoms with van der Waals surface area (Å²) in [6, 6.07) is 10.6. The normalized spacial score (nSPS) is 13.5. The second kappa shape index (κ2) is 7.80. The van der Waals surface area contributed by atoms with Gasteiger partial charge in [-0.15, -0.1) is 23.1 Å². The minimum atomic E-state index is 0.925. The first-order valence-electron chi connectivity index (χ1n) is 10.1. The zero-order valence-electron chi connectivity index (χ0n) is 16.1. The summed E-state index contributed by atoms with van der Waals surface area (Å²) in [6.45, 7) is 2.25. The second-order valence-corrected chi connectivity index (χ2v) is 9.35. The maximum atomic E-state index is 5.12. The van der Waals surface area contributed by atoms with Crippen LogP contribution in [0.15, 0.2) is 41.7 Å². The van der Waals surface area contributed by atoms with Gasteiger partial charge in [0.2, 0.25) is 0 Å². The van der Waals surface area contributed by atoms with Gasteiger partial charge in [0.1, 0.15) is 16.2 Å². The Morgan fingerprint density at radius 1 is 1.07 bits per heavy atom. The Kier molecular flexibility index (Phi) is 5.03. The summed E-state index contributed by atoms with van der Waals surface area (Å²) < 4.78 is 1.20. The van der Waals surface area contributed by atoms with Crippen LogP contribution in [0.1, 0.15) is 48.6 Å². The fraction of sp³-hybridized carbons (Fsp3) is 0.348. The molecular weight excluding hydrogens is 382 g/mol. The molecule has 0 aliphatic heterocycles. The third kappa shape index (κ3) is 3.20. The number of pyridine rings is 1. The van der Waals surface area contributed by atoms with Crippen molar-refractivity contribution in [2.75, 3.05) is 0 Å². The lowest BCUT2D eigenvalue weighted by atomic mass is 10.0. The predicted molar refractivity (Wildman–Crippen MR) is 119 cm³/mol. The Morgan fingerprint density at radius 2 is 1.93 bits per heavy atom. The third-order valence-corrected chi connectivity index (χ3v) is 7.78. The van der Waals surface area contributed by atoms with E-state index in [-0.39, 0.29) is 0 Å². The molecule has 3 nitrogen and oxygen atoms in total. The number of benzene rings is 1. The molecule has 142 valence electrons. The number of thioether (sulfide) groups is 1. The van der Waals surface area contributed by atoms with Crippen LogP contribution in [0.4, 0.5) is 0 Å². The molecule has 1 aromatic carbocycles. The third-order valence-electron chi connectivity index (χ3n) is 5.51. The Hall–Kier alpha value is -1.98. The quantitative estimate of drug-likeness (QED) is 0.276. The van der Waals surface area contributed by atoms with Gasteiger partial charge in [-0.05, 0) is 48.8 Å². The summed E-state index contributed by atoms with van der Waals surface area (Å²) >= 11 is 3.58. The van der Waals surface area contributed by atoms with Crippen LogP contribution in [-0.2, 0) is 25.0 Å². The van der Waals surface area contributed by atoms with Gasteiger partial charge in [-0.3, -0.25) is 0 Å². The molecule has 3 aromatic heterocycles. The van der Waals surface area contributed by atoms with Crippen molar-refractivity contribution in [2.24, 2.45) is 0 Å². The van der Waals surface area contributed by atoms with Crippen molar-refractivity contribution in [1.82, 2.24) is 15.0 Å². The van der Waals surface area contributed by atoms with E-state index in [1.165, 1.54) is 58.2 Å². The van der Waals surface area contributed by atoms with Crippen molar-refractivity contribution in [3.63, 3.8) is 0 Å². The summed E-state index contributed by atoms with van der Waals surface area (Å²) in [7, 11) is 0. The summed E-state index contributed by atoms with van der Waals surface area (Å²) in [5, 5.41) is 2.38. The van der Waals surface area contributed by atoms with E-state index in [4.69, 9.17) is 9.97 Å². The van der Waals surface area contributed by atoms with Crippen molar-refractivity contribution in [2.45, 2.75) is 56.2 Å². The number of fused-ring (bicyclic) bond motifs is 5. The number of hydrogen-bond donors (Lipinski definition) is 0. The van der Waals surface area contributed by atoms with Gasteiger partial charge in [-0.2, -0.15) is 0 Å². The van der Waals surface area contributed by atoms with Gasteiger partial charge in [-0.1, -0.05) is 43.7 Å². The SMILES string of the molecule is CCCCc1nc2sc3c(SCc4ccccc4)ncnc3c2c2c1CCC2. The van der Waals surface area contributed by atoms with Gasteiger partial charge in [-0.25, -0.2) is 15.0 Å². The Labute approximate surface area is 173 Å². The molecule has 0 fully saturated rings. The van der Waals surface area contributed by atoms with Crippen molar-refractivity contribution in [1.29, 1.82) is 0 Å². The standard InChI is InChI=1S/C23H23N3S2/c1-2-3-12-18-16-10-7-11-17(16)19-20-21(28-22(19)26-18)23(25-14-24-20)27-13-15-8-5-4-6-9-15/h4-6,8-9,14H,2-3,7,10-13H2,1H3. The number of nitrogens with zero attached hydrogens (tertiary/aromatic N) is 3. The minimum absolute atomic E-state index is 0.925. The Bertz CT molecular complexity index is 1140. The van der Waals surface area contributed by atoms with E-state index in [2.05, 4.69) is 42.2 Å². The lowest BCUT2D eigenvalue weighted by molar-refractivity contribution is 0.770. The molecule has 0 amide bonds. The van der Waals surface area contributed by atoms with Gasteiger partial charge in [0.15, 0.2) is 0 Å². The molecule has 0 atom stereocenters. The fourth-order valence-corrected chi connectivity index (χ4v) is 6.34. The summed E-state index contributed by atoms with van der Waals surface area (Å²) in [6.07, 6.45) is 8.84. The van der Waals surface area contributed by atoms with E-state index in [9.17, 15) is 0 Å². The monoisotopic (exact) mass is 405 g/mol. The van der Waals surface area contributed by atoms with E-state index >= 15 is 0 Å². The first-order valence-corrected chi connectivity index (χ1v) is 11.9. The van der Waals surface area contributed by atoms with Gasteiger partial charge < -0.3 is 0 Å². The number of rotatable bonds is 6. The van der Waals surface area contributed by atoms with E-state index in [1.54, 1.807) is 29.4 Å². The van der Waals surface area contributed by atoms with Crippen molar-refractivity contribution >= 4 is 43.5 Å². The van der Waals surface area contributed by atoms with Crippen LogP contribution >= 0.6 is 23.1 Å². The van der Waals surface area contributed by atoms with E-state index in [0.717, 1.165) is 34.0 Å². The van der Waals surface area contributed by atoms with Crippen LogP contribution in [0, 0.1) is 0 Å². The van der Waals surface area contributed by atoms with Crippen LogP contribution in [0.3, 0.4) is 0 Å². The highest BCUT2D eigenvalue weighted by Gasteiger charge is 2.24. The molecule has 28 heavy (non-hydrogen) atoms. The summed E-state index contributed by atoms with van der Waals surface area (Å²) in [5.41, 5.74) is 6.79. The van der Waals surface area contributed by atoms with Crippen molar-refractivity contribution < 1.29 is 0 Å². The van der Waals surface area contributed by atoms with Gasteiger partial charge in [0.25, 0.3) is 0 Å². The smallest absolute Gasteiger partial charge is 0.126 e. The van der Waals surface area contributed by atoms with Crippen molar-refractivity contribution in [3.05, 3.63) is 59.0 Å². The summed E-state index contributed by atoms with van der Waals surface area (Å²) in [4.78, 5) is 15.6. The predicted octanol–water partition coefficient (Wildman–Crippen LogP) is 6.36. The molecule has 0 unspecified atom stereocenters. The number of aryl methyl sites for hydroxylation is 2. The molecule has 0 N–H and O–H groups in total. The second-order valence-electron chi connectivity index (χ2n) is 7.39. The van der Waals surface area contributed by atoms with Crippen LogP contribution < -0.4 is 0 Å². The molecule has 0 radical (unpaired) electrons. The maximum Gasteiger partial charge on any atom is 0.126 e. The molecule has 5 rings (SSSR count). The van der Waals surface area contributed by atoms with Gasteiger partial charge in [0, 0.05) is 16.8 Å². The average molecular weight is 406 g/mol. The molecule has 0 saturated carbocycles. The summed E-state index contributed by atoms with van der Waals surface area (Å²) in [5.74, 6) is 0.925. The van der Waals surface area contributed by atoms with Crippen LogP contribution in [0.5, 0.6) is 0 Å². The number of hydrogen-bond acceptors (Lipinski definition) is 5. The highest BCUT2D eigenvalue weighted by Crippen LogP contribution is 2.42. The number of thiophene rings is 1. The average Bonchev–Trinajstić information content (AvgIpc) is 3.35. The molecular formula is C23H23N3S2. The minimum Gasteiger partial charge on any atom is -0.242 e. The first-order chi connectivity index (χ1) is 13.8. The molecule has 0 bridgehead atoms. The van der Waals surface area contributed by atoms with E-state index < -0.39 is 0 Å². The lowest BCUT2D eigenvalue weighted by Gasteiger charge is -2.08. The highest BCUT2D eigenvalue weighted by molar-refractivity contribution is 7.98. The highest BCUT2D eigenvalue weighted by atomic mass is 32.2. The molecule has 0 spiro atoms. The fourth-order valence-electron chi connectivity index (χ4n) is 4.14. The van der Waals surface area contributed by atoms with E-state index in [1.807, 2.05) is 0 Å². The molecule has 1 aliphatic rings. The van der Waals surface area contributed by atoms with Crippen molar-refractivity contribution in [3.8, 4) is 0 Å². The zero-order valence-corrected chi connectivity index (χ0v) is 17.7. The zero-order chi connectivity index (χ0) is 18.9. The van der Waals surface area contributed by atoms with E-state index in [0.29, 0.717) is 0 Å². The molecule has 3 heterocycles. The first kappa shape index (κ1) is 18.1. The maximum absolute atomic E-state index is 5.12. The number of aromatic nitrogens is 3. The van der Waals surface area contributed by atoms with Crippen LogP contribution in [-0.4, -0.2) is 15.0 Å². The molecule has 4 aromatic rings. The molecule has 0 saturated heterocycles. The topological polar surface area (TPSA) is 38.7 Å². The van der Waals surface area contributed by atoms with Crippen LogP contribution in [0.25, 0.3) is 20.4 Å². The Morgan fingerprint density at radius 3 is 2.79 bits per heavy atom. The van der Waals surface area contributed by atoms with Crippen LogP contribution in [0.2, 0.25) is 0 Å². The lowest BCUT2D eigenvalue weighted by Crippen LogP contribution is -1.98. The largest absolute Gasteiger partial charge is 0.242 e. The van der Waals surface area contributed by atoms with Gasteiger partial charge >= 0.3 is 0 Å². The number of unbranched alkanes of at least 4 members (excludes halogenated alkanes) is 1. The molecule has 5 heteroatoms.